The molecule has 0 atom stereocenters. The van der Waals surface area contributed by atoms with E-state index >= 15 is 0 Å². The Morgan fingerprint density at radius 3 is 1.10 bits per heavy atom. The lowest BCUT2D eigenvalue weighted by molar-refractivity contribution is -0.510. The fourth-order valence-corrected chi connectivity index (χ4v) is 7.52. The van der Waals surface area contributed by atoms with Crippen LogP contribution in [0.4, 0.5) is 0 Å². The summed E-state index contributed by atoms with van der Waals surface area (Å²) in [4.78, 5) is 56.7. The number of nitrogens with one attached hydrogen (secondary N) is 2. The van der Waals surface area contributed by atoms with Crippen LogP contribution in [0.5, 0.6) is 0 Å². The number of benzene rings is 4. The minimum absolute atomic E-state index is 0. The molecule has 8 N–H and O–H groups in total. The molecule has 4 aromatic carbocycles. The molecule has 14 heteroatoms. The maximum absolute atomic E-state index is 12.2. The summed E-state index contributed by atoms with van der Waals surface area (Å²) in [6.45, 7) is 0. The summed E-state index contributed by atoms with van der Waals surface area (Å²) in [7, 11) is 0. The first-order valence-corrected chi connectivity index (χ1v) is 18.8. The predicted octanol–water partition coefficient (Wildman–Crippen LogP) is -0.656. The van der Waals surface area contributed by atoms with E-state index in [-0.39, 0.29) is 58.0 Å². The number of nitrogens with zero attached hydrogens (tertiary/aromatic N) is 6. The van der Waals surface area contributed by atoms with Gasteiger partial charge in [-0.3, -0.25) is 9.59 Å². The largest absolute Gasteiger partial charge is 1.00 e. The number of fused-ring (bicyclic) bond motifs is 2. The normalized spacial score (nSPS) is 14.8. The van der Waals surface area contributed by atoms with Crippen molar-refractivity contribution in [2.45, 2.75) is 49.6 Å². The van der Waals surface area contributed by atoms with E-state index < -0.39 is 0 Å². The SMILES string of the molecule is [Cl-].[Cl-].[NH3+]C1(c2ccc(-c3nc4c(=O)[nH]cnc4nc3-c3ccccc3)cc2)CCC1.[NH3+]C1(c2ccc(-c3nc4nc[nH]c(=O)c4nc3-c3ccccc3)cc2)CCC1. The van der Waals surface area contributed by atoms with Gasteiger partial charge in [0.15, 0.2) is 22.3 Å². The van der Waals surface area contributed by atoms with Crippen LogP contribution in [-0.2, 0) is 11.1 Å². The zero-order chi connectivity index (χ0) is 38.3. The molecule has 2 saturated carbocycles. The predicted molar refractivity (Wildman–Crippen MR) is 214 cm³/mol. The number of rotatable bonds is 6. The molecule has 0 unspecified atom stereocenters. The molecule has 0 amide bonds. The summed E-state index contributed by atoms with van der Waals surface area (Å²) in [5, 5.41) is 0. The zero-order valence-corrected chi connectivity index (χ0v) is 33.0. The van der Waals surface area contributed by atoms with Crippen molar-refractivity contribution in [1.82, 2.24) is 39.9 Å². The average molecular weight is 812 g/mol. The summed E-state index contributed by atoms with van der Waals surface area (Å²) in [5.74, 6) is 0. The Kier molecular flexibility index (Phi) is 11.3. The van der Waals surface area contributed by atoms with Gasteiger partial charge in [-0.1, -0.05) is 109 Å². The molecular weight excluding hydrogens is 771 g/mol. The highest BCUT2D eigenvalue weighted by molar-refractivity contribution is 5.85. The first kappa shape index (κ1) is 40.0. The number of H-pyrrole nitrogens is 2. The van der Waals surface area contributed by atoms with Crippen molar-refractivity contribution < 1.29 is 36.3 Å². The van der Waals surface area contributed by atoms with Gasteiger partial charge in [-0.15, -0.1) is 0 Å². The van der Waals surface area contributed by atoms with Crippen molar-refractivity contribution in [2.24, 2.45) is 0 Å². The lowest BCUT2D eigenvalue weighted by Crippen LogP contribution is -3.00. The van der Waals surface area contributed by atoms with Gasteiger partial charge in [-0.25, -0.2) is 29.9 Å². The molecule has 12 nitrogen and oxygen atoms in total. The van der Waals surface area contributed by atoms with E-state index in [1.54, 1.807) is 0 Å². The van der Waals surface area contributed by atoms with Crippen molar-refractivity contribution in [3.63, 3.8) is 0 Å². The Hall–Kier alpha value is -6.18. The Bertz CT molecular complexity index is 2830. The Morgan fingerprint density at radius 2 is 0.776 bits per heavy atom. The van der Waals surface area contributed by atoms with Crippen LogP contribution < -0.4 is 47.4 Å². The molecular formula is C44H40Cl2N10O2. The van der Waals surface area contributed by atoms with Gasteiger partial charge >= 0.3 is 0 Å². The van der Waals surface area contributed by atoms with Crippen LogP contribution in [0.2, 0.25) is 0 Å². The molecule has 0 spiro atoms. The Balaban J connectivity index is 0.000000171. The van der Waals surface area contributed by atoms with E-state index in [4.69, 9.17) is 4.98 Å². The summed E-state index contributed by atoms with van der Waals surface area (Å²) in [6, 6.07) is 36.4. The van der Waals surface area contributed by atoms with Crippen LogP contribution in [0.1, 0.15) is 49.7 Å². The first-order valence-electron chi connectivity index (χ1n) is 18.8. The second-order valence-electron chi connectivity index (χ2n) is 14.8. The summed E-state index contributed by atoms with van der Waals surface area (Å²) in [6.07, 6.45) is 9.69. The summed E-state index contributed by atoms with van der Waals surface area (Å²) < 4.78 is 0. The smallest absolute Gasteiger partial charge is 0.278 e. The maximum atomic E-state index is 12.2. The van der Waals surface area contributed by atoms with E-state index in [1.165, 1.54) is 36.6 Å². The van der Waals surface area contributed by atoms with Gasteiger partial charge in [-0.05, 0) is 12.8 Å². The molecule has 0 saturated heterocycles. The van der Waals surface area contributed by atoms with Crippen LogP contribution in [-0.4, -0.2) is 39.9 Å². The van der Waals surface area contributed by atoms with Gasteiger partial charge < -0.3 is 46.2 Å². The monoisotopic (exact) mass is 810 g/mol. The molecule has 2 aliphatic rings. The molecule has 0 aliphatic heterocycles. The second-order valence-corrected chi connectivity index (χ2v) is 14.8. The van der Waals surface area contributed by atoms with Gasteiger partial charge in [-0.2, -0.15) is 0 Å². The highest BCUT2D eigenvalue weighted by atomic mass is 35.5. The topological polar surface area (TPSA) is 198 Å². The van der Waals surface area contributed by atoms with E-state index in [1.807, 2.05) is 72.8 Å². The molecule has 0 radical (unpaired) electrons. The van der Waals surface area contributed by atoms with Crippen LogP contribution >= 0.6 is 0 Å². The quantitative estimate of drug-likeness (QED) is 0.170. The minimum atomic E-state index is -0.291. The highest BCUT2D eigenvalue weighted by Crippen LogP contribution is 2.39. The minimum Gasteiger partial charge on any atom is -1.00 e. The third-order valence-corrected chi connectivity index (χ3v) is 11.2. The van der Waals surface area contributed by atoms with Gasteiger partial charge in [0.2, 0.25) is 0 Å². The van der Waals surface area contributed by atoms with Crippen molar-refractivity contribution in [1.29, 1.82) is 0 Å². The maximum Gasteiger partial charge on any atom is 0.278 e. The van der Waals surface area contributed by atoms with Crippen molar-refractivity contribution in [3.05, 3.63) is 154 Å². The number of aromatic nitrogens is 8. The van der Waals surface area contributed by atoms with Crippen LogP contribution in [0.3, 0.4) is 0 Å². The van der Waals surface area contributed by atoms with Crippen molar-refractivity contribution >= 4 is 22.3 Å². The highest BCUT2D eigenvalue weighted by Gasteiger charge is 2.39. The molecule has 2 aliphatic carbocycles. The first-order chi connectivity index (χ1) is 27.3. The molecule has 10 rings (SSSR count). The van der Waals surface area contributed by atoms with E-state index in [0.717, 1.165) is 53.6 Å². The zero-order valence-electron chi connectivity index (χ0n) is 31.5. The van der Waals surface area contributed by atoms with Gasteiger partial charge in [0.05, 0.1) is 35.4 Å². The van der Waals surface area contributed by atoms with Crippen LogP contribution in [0.25, 0.3) is 67.4 Å². The Labute approximate surface area is 345 Å². The molecule has 58 heavy (non-hydrogen) atoms. The molecule has 8 aromatic rings. The molecule has 292 valence electrons. The fourth-order valence-electron chi connectivity index (χ4n) is 7.52. The lowest BCUT2D eigenvalue weighted by atomic mass is 9.72. The van der Waals surface area contributed by atoms with Gasteiger partial charge in [0.25, 0.3) is 11.1 Å². The summed E-state index contributed by atoms with van der Waals surface area (Å²) >= 11 is 0. The van der Waals surface area contributed by atoms with Gasteiger partial charge in [0, 0.05) is 59.1 Å². The summed E-state index contributed by atoms with van der Waals surface area (Å²) in [5.41, 5.74) is 18.4. The van der Waals surface area contributed by atoms with E-state index in [9.17, 15) is 9.59 Å². The van der Waals surface area contributed by atoms with E-state index in [2.05, 4.69) is 82.8 Å². The standard InChI is InChI=1S/2C22H19N5O.2ClH/c23-22(11-4-12-22)16-9-7-15(8-10-16)17-18(14-5-2-1-3-6-14)27-20-19(26-17)21(28)25-13-24-20;23-22(11-4-12-22)16-9-7-15(8-10-16)18-17(14-5-2-1-3-6-14)26-19-20(27-18)24-13-25-21(19)28;;/h2*1-3,5-10,13H,4,11-12,23H2,(H,24,25,27,28);2*1H. The third kappa shape index (κ3) is 7.50. The van der Waals surface area contributed by atoms with Crippen LogP contribution in [0.15, 0.2) is 131 Å². The molecule has 4 aromatic heterocycles. The van der Waals surface area contributed by atoms with Crippen molar-refractivity contribution in [3.8, 4) is 45.0 Å². The van der Waals surface area contributed by atoms with Gasteiger partial charge in [0.1, 0.15) is 11.1 Å². The number of halogens is 2. The third-order valence-electron chi connectivity index (χ3n) is 11.2. The molecule has 4 heterocycles. The van der Waals surface area contributed by atoms with E-state index in [0.29, 0.717) is 28.4 Å². The Morgan fingerprint density at radius 1 is 0.448 bits per heavy atom. The average Bonchev–Trinajstić information content (AvgIpc) is 3.22. The lowest BCUT2D eigenvalue weighted by Gasteiger charge is -2.34. The second kappa shape index (κ2) is 16.4. The number of aromatic amines is 2. The number of quaternary nitrogens is 2. The number of hydrogen-bond acceptors (Lipinski definition) is 8. The van der Waals surface area contributed by atoms with Crippen molar-refractivity contribution in [2.75, 3.05) is 0 Å². The molecule has 0 bridgehead atoms. The molecule has 2 fully saturated rings. The van der Waals surface area contributed by atoms with Crippen LogP contribution in [0, 0.1) is 0 Å². The fraction of sp³-hybridized carbons (Fsp3) is 0.182. The number of hydrogen-bond donors (Lipinski definition) is 4.